The van der Waals surface area contributed by atoms with Crippen LogP contribution in [0, 0.1) is 5.82 Å². The fourth-order valence-corrected chi connectivity index (χ4v) is 2.16. The molecule has 0 heterocycles. The first-order valence-electron chi connectivity index (χ1n) is 6.00. The van der Waals surface area contributed by atoms with Crippen LogP contribution in [0.1, 0.15) is 5.56 Å². The first-order valence-corrected chi connectivity index (χ1v) is 7.17. The molecule has 2 N–H and O–H groups in total. The van der Waals surface area contributed by atoms with E-state index in [9.17, 15) is 9.18 Å². The van der Waals surface area contributed by atoms with Gasteiger partial charge in [-0.25, -0.2) is 9.18 Å². The zero-order valence-electron chi connectivity index (χ0n) is 10.7. The molecule has 0 atom stereocenters. The summed E-state index contributed by atoms with van der Waals surface area (Å²) in [6.07, 6.45) is 3.27. The maximum atomic E-state index is 13.0. The molecule has 2 rings (SSSR count). The van der Waals surface area contributed by atoms with E-state index in [0.29, 0.717) is 5.69 Å². The summed E-state index contributed by atoms with van der Waals surface area (Å²) in [5, 5.41) is 5.05. The van der Waals surface area contributed by atoms with Gasteiger partial charge in [0.15, 0.2) is 0 Å². The SMILES string of the molecule is O=C(N/C=C/c1ccccc1Br)Nc1ccc(F)c(Cl)c1. The van der Waals surface area contributed by atoms with Gasteiger partial charge in [-0.15, -0.1) is 0 Å². The van der Waals surface area contributed by atoms with Crippen molar-refractivity contribution in [2.75, 3.05) is 5.32 Å². The van der Waals surface area contributed by atoms with Gasteiger partial charge in [-0.2, -0.15) is 0 Å². The molecule has 0 fully saturated rings. The molecule has 6 heteroatoms. The Kier molecular flexibility index (Phi) is 5.36. The van der Waals surface area contributed by atoms with Gasteiger partial charge in [-0.05, 0) is 35.9 Å². The number of anilines is 1. The Balaban J connectivity index is 1.93. The van der Waals surface area contributed by atoms with Crippen molar-refractivity contribution in [3.05, 3.63) is 69.5 Å². The minimum Gasteiger partial charge on any atom is -0.314 e. The van der Waals surface area contributed by atoms with Crippen LogP contribution in [0.5, 0.6) is 0 Å². The molecule has 0 aromatic heterocycles. The molecule has 0 aliphatic heterocycles. The van der Waals surface area contributed by atoms with Crippen molar-refractivity contribution in [2.45, 2.75) is 0 Å². The standard InChI is InChI=1S/C15H11BrClFN2O/c16-12-4-2-1-3-10(12)7-8-19-15(21)20-11-5-6-14(18)13(17)9-11/h1-9H,(H2,19,20,21)/b8-7+. The molecule has 21 heavy (non-hydrogen) atoms. The maximum absolute atomic E-state index is 13.0. The molecule has 0 radical (unpaired) electrons. The first-order chi connectivity index (χ1) is 10.1. The molecule has 0 aliphatic carbocycles. The highest BCUT2D eigenvalue weighted by Gasteiger charge is 2.03. The normalized spacial score (nSPS) is 10.6. The lowest BCUT2D eigenvalue weighted by molar-refractivity contribution is 0.255. The summed E-state index contributed by atoms with van der Waals surface area (Å²) in [6.45, 7) is 0. The average Bonchev–Trinajstić information content (AvgIpc) is 2.45. The van der Waals surface area contributed by atoms with E-state index in [0.717, 1.165) is 10.0 Å². The summed E-state index contributed by atoms with van der Waals surface area (Å²) in [4.78, 5) is 11.7. The number of carbonyl (C=O) groups is 1. The Bertz CT molecular complexity index is 691. The van der Waals surface area contributed by atoms with Gasteiger partial charge in [0.25, 0.3) is 0 Å². The van der Waals surface area contributed by atoms with Crippen molar-refractivity contribution in [1.29, 1.82) is 0 Å². The third kappa shape index (κ3) is 4.58. The van der Waals surface area contributed by atoms with Crippen molar-refractivity contribution < 1.29 is 9.18 Å². The quantitative estimate of drug-likeness (QED) is 0.782. The second-order valence-electron chi connectivity index (χ2n) is 4.08. The van der Waals surface area contributed by atoms with Gasteiger partial charge in [-0.1, -0.05) is 45.7 Å². The second kappa shape index (κ2) is 7.24. The zero-order valence-corrected chi connectivity index (χ0v) is 13.1. The van der Waals surface area contributed by atoms with E-state index in [-0.39, 0.29) is 5.02 Å². The molecule has 0 bridgehead atoms. The summed E-state index contributed by atoms with van der Waals surface area (Å²) in [7, 11) is 0. The number of hydrogen-bond donors (Lipinski definition) is 2. The monoisotopic (exact) mass is 368 g/mol. The lowest BCUT2D eigenvalue weighted by Gasteiger charge is -2.05. The number of halogens is 3. The highest BCUT2D eigenvalue weighted by molar-refractivity contribution is 9.10. The molecule has 0 aliphatic rings. The van der Waals surface area contributed by atoms with E-state index in [1.807, 2.05) is 24.3 Å². The number of nitrogens with one attached hydrogen (secondary N) is 2. The Hall–Kier alpha value is -1.85. The van der Waals surface area contributed by atoms with Gasteiger partial charge in [-0.3, -0.25) is 0 Å². The summed E-state index contributed by atoms with van der Waals surface area (Å²) in [6, 6.07) is 11.1. The van der Waals surface area contributed by atoms with E-state index in [2.05, 4.69) is 26.6 Å². The Morgan fingerprint density at radius 1 is 1.24 bits per heavy atom. The van der Waals surface area contributed by atoms with Crippen LogP contribution in [0.25, 0.3) is 6.08 Å². The lowest BCUT2D eigenvalue weighted by atomic mass is 10.2. The van der Waals surface area contributed by atoms with E-state index < -0.39 is 11.8 Å². The van der Waals surface area contributed by atoms with E-state index in [1.54, 1.807) is 6.08 Å². The van der Waals surface area contributed by atoms with Gasteiger partial charge >= 0.3 is 6.03 Å². The van der Waals surface area contributed by atoms with Crippen molar-refractivity contribution in [3.8, 4) is 0 Å². The average molecular weight is 370 g/mol. The molecule has 0 saturated heterocycles. The minimum absolute atomic E-state index is 0.0449. The smallest absolute Gasteiger partial charge is 0.314 e. The zero-order chi connectivity index (χ0) is 15.2. The first kappa shape index (κ1) is 15.5. The van der Waals surface area contributed by atoms with Gasteiger partial charge in [0, 0.05) is 16.4 Å². The Morgan fingerprint density at radius 2 is 2.00 bits per heavy atom. The summed E-state index contributed by atoms with van der Waals surface area (Å²) in [5.41, 5.74) is 1.34. The van der Waals surface area contributed by atoms with Gasteiger partial charge < -0.3 is 10.6 Å². The predicted molar refractivity (Wildman–Crippen MR) is 86.7 cm³/mol. The fourth-order valence-electron chi connectivity index (χ4n) is 1.56. The van der Waals surface area contributed by atoms with Crippen LogP contribution in [-0.4, -0.2) is 6.03 Å². The number of rotatable bonds is 3. The number of amides is 2. The van der Waals surface area contributed by atoms with Crippen molar-refractivity contribution in [1.82, 2.24) is 5.32 Å². The molecular weight excluding hydrogens is 359 g/mol. The van der Waals surface area contributed by atoms with Crippen LogP contribution in [0.2, 0.25) is 5.02 Å². The topological polar surface area (TPSA) is 41.1 Å². The molecule has 0 spiro atoms. The van der Waals surface area contributed by atoms with E-state index in [1.165, 1.54) is 24.4 Å². The fraction of sp³-hybridized carbons (Fsp3) is 0. The van der Waals surface area contributed by atoms with E-state index >= 15 is 0 Å². The van der Waals surface area contributed by atoms with Crippen LogP contribution < -0.4 is 10.6 Å². The van der Waals surface area contributed by atoms with Gasteiger partial charge in [0.2, 0.25) is 0 Å². The number of benzene rings is 2. The van der Waals surface area contributed by atoms with Crippen molar-refractivity contribution in [2.24, 2.45) is 0 Å². The molecule has 108 valence electrons. The summed E-state index contributed by atoms with van der Waals surface area (Å²) < 4.78 is 13.9. The predicted octanol–water partition coefficient (Wildman–Crippen LogP) is 5.03. The molecule has 2 amide bonds. The van der Waals surface area contributed by atoms with Crippen LogP contribution in [0.15, 0.2) is 53.1 Å². The van der Waals surface area contributed by atoms with Crippen molar-refractivity contribution in [3.63, 3.8) is 0 Å². The van der Waals surface area contributed by atoms with Crippen LogP contribution in [0.4, 0.5) is 14.9 Å². The number of carbonyl (C=O) groups excluding carboxylic acids is 1. The largest absolute Gasteiger partial charge is 0.323 e. The van der Waals surface area contributed by atoms with Crippen LogP contribution >= 0.6 is 27.5 Å². The third-order valence-corrected chi connectivity index (χ3v) is 3.57. The molecular formula is C15H11BrClFN2O. The van der Waals surface area contributed by atoms with Crippen molar-refractivity contribution >= 4 is 45.3 Å². The molecule has 3 nitrogen and oxygen atoms in total. The van der Waals surface area contributed by atoms with Crippen LogP contribution in [0.3, 0.4) is 0 Å². The molecule has 2 aromatic carbocycles. The summed E-state index contributed by atoms with van der Waals surface area (Å²) in [5.74, 6) is -0.531. The number of hydrogen-bond acceptors (Lipinski definition) is 1. The lowest BCUT2D eigenvalue weighted by Crippen LogP contribution is -2.23. The van der Waals surface area contributed by atoms with Gasteiger partial charge in [0.1, 0.15) is 5.82 Å². The van der Waals surface area contributed by atoms with Gasteiger partial charge in [0.05, 0.1) is 5.02 Å². The highest BCUT2D eigenvalue weighted by Crippen LogP contribution is 2.19. The van der Waals surface area contributed by atoms with Crippen LogP contribution in [-0.2, 0) is 0 Å². The number of urea groups is 1. The Morgan fingerprint density at radius 3 is 2.71 bits per heavy atom. The Labute approximate surface area is 134 Å². The van der Waals surface area contributed by atoms with E-state index in [4.69, 9.17) is 11.6 Å². The molecule has 2 aromatic rings. The molecule has 0 saturated carbocycles. The highest BCUT2D eigenvalue weighted by atomic mass is 79.9. The minimum atomic E-state index is -0.531. The third-order valence-electron chi connectivity index (χ3n) is 2.56. The molecule has 0 unspecified atom stereocenters. The summed E-state index contributed by atoms with van der Waals surface area (Å²) >= 11 is 9.04. The maximum Gasteiger partial charge on any atom is 0.323 e. The second-order valence-corrected chi connectivity index (χ2v) is 5.34.